The number of amides is 1. The van der Waals surface area contributed by atoms with Gasteiger partial charge >= 0.3 is 0 Å². The van der Waals surface area contributed by atoms with Crippen LogP contribution >= 0.6 is 0 Å². The molecule has 1 N–H and O–H groups in total. The number of carbonyl (C=O) groups excluding carboxylic acids is 1. The van der Waals surface area contributed by atoms with Gasteiger partial charge in [-0.3, -0.25) is 9.59 Å². The van der Waals surface area contributed by atoms with Gasteiger partial charge in [-0.15, -0.1) is 0 Å². The van der Waals surface area contributed by atoms with Crippen molar-refractivity contribution in [2.45, 2.75) is 45.1 Å². The molecule has 1 amide bonds. The molecule has 0 spiro atoms. The van der Waals surface area contributed by atoms with Crippen molar-refractivity contribution in [2.75, 3.05) is 13.7 Å². The highest BCUT2D eigenvalue weighted by Gasteiger charge is 2.20. The van der Waals surface area contributed by atoms with E-state index in [0.29, 0.717) is 19.5 Å². The molecular weight excluding hydrogens is 342 g/mol. The van der Waals surface area contributed by atoms with Crippen molar-refractivity contribution in [2.24, 2.45) is 5.92 Å². The largest absolute Gasteiger partial charge is 0.497 e. The number of ether oxygens (including phenoxy) is 1. The van der Waals surface area contributed by atoms with Gasteiger partial charge in [0.2, 0.25) is 5.91 Å². The lowest BCUT2D eigenvalue weighted by Gasteiger charge is -2.20. The molecule has 0 unspecified atom stereocenters. The van der Waals surface area contributed by atoms with Gasteiger partial charge in [0, 0.05) is 30.6 Å². The van der Waals surface area contributed by atoms with Gasteiger partial charge in [0.15, 0.2) is 0 Å². The summed E-state index contributed by atoms with van der Waals surface area (Å²) in [4.78, 5) is 24.2. The van der Waals surface area contributed by atoms with Gasteiger partial charge in [-0.25, -0.2) is 4.68 Å². The van der Waals surface area contributed by atoms with Crippen molar-refractivity contribution in [3.63, 3.8) is 0 Å². The summed E-state index contributed by atoms with van der Waals surface area (Å²) in [6, 6.07) is 10.8. The summed E-state index contributed by atoms with van der Waals surface area (Å²) in [7, 11) is 1.63. The minimum atomic E-state index is -0.133. The van der Waals surface area contributed by atoms with Crippen LogP contribution in [0, 0.1) is 5.92 Å². The van der Waals surface area contributed by atoms with Gasteiger partial charge in [0.05, 0.1) is 12.8 Å². The van der Waals surface area contributed by atoms with E-state index in [-0.39, 0.29) is 17.4 Å². The molecule has 6 heteroatoms. The van der Waals surface area contributed by atoms with E-state index in [1.165, 1.54) is 17.2 Å². The van der Waals surface area contributed by atoms with Crippen LogP contribution in [-0.4, -0.2) is 29.3 Å². The van der Waals surface area contributed by atoms with Gasteiger partial charge in [0.1, 0.15) is 5.75 Å². The molecule has 3 rings (SSSR count). The van der Waals surface area contributed by atoms with Crippen LogP contribution in [0.4, 0.5) is 0 Å². The maximum Gasteiger partial charge on any atom is 0.266 e. The maximum absolute atomic E-state index is 12.2. The Hall–Kier alpha value is -2.63. The Morgan fingerprint density at radius 3 is 2.59 bits per heavy atom. The minimum Gasteiger partial charge on any atom is -0.497 e. The molecule has 1 aliphatic carbocycles. The Bertz CT molecular complexity index is 808. The molecule has 2 aromatic rings. The lowest BCUT2D eigenvalue weighted by atomic mass is 9.89. The van der Waals surface area contributed by atoms with Crippen LogP contribution in [0.1, 0.15) is 38.5 Å². The summed E-state index contributed by atoms with van der Waals surface area (Å²) in [6.07, 6.45) is 6.21. The molecule has 1 aliphatic rings. The highest BCUT2D eigenvalue weighted by molar-refractivity contribution is 5.78. The van der Waals surface area contributed by atoms with E-state index in [1.54, 1.807) is 13.2 Å². The van der Waals surface area contributed by atoms with E-state index in [0.717, 1.165) is 42.7 Å². The summed E-state index contributed by atoms with van der Waals surface area (Å²) in [5.41, 5.74) is 1.53. The van der Waals surface area contributed by atoms with Crippen molar-refractivity contribution in [3.05, 3.63) is 46.8 Å². The number of nitrogens with zero attached hydrogens (tertiary/aromatic N) is 2. The Labute approximate surface area is 159 Å². The van der Waals surface area contributed by atoms with Crippen LogP contribution in [0.3, 0.4) is 0 Å². The second-order valence-electron chi connectivity index (χ2n) is 6.99. The smallest absolute Gasteiger partial charge is 0.266 e. The first-order chi connectivity index (χ1) is 13.2. The molecule has 0 aliphatic heterocycles. The Balaban J connectivity index is 1.55. The van der Waals surface area contributed by atoms with Gasteiger partial charge < -0.3 is 10.1 Å². The summed E-state index contributed by atoms with van der Waals surface area (Å²) < 4.78 is 6.63. The molecule has 0 bridgehead atoms. The average molecular weight is 369 g/mol. The van der Waals surface area contributed by atoms with Gasteiger partial charge in [-0.05, 0) is 49.6 Å². The third kappa shape index (κ3) is 5.18. The number of hydrogen-bond donors (Lipinski definition) is 1. The van der Waals surface area contributed by atoms with Gasteiger partial charge in [-0.1, -0.05) is 19.3 Å². The molecule has 1 aromatic carbocycles. The van der Waals surface area contributed by atoms with E-state index in [9.17, 15) is 9.59 Å². The third-order valence-corrected chi connectivity index (χ3v) is 5.07. The quantitative estimate of drug-likeness (QED) is 0.762. The highest BCUT2D eigenvalue weighted by atomic mass is 16.5. The van der Waals surface area contributed by atoms with Crippen molar-refractivity contribution in [3.8, 4) is 17.0 Å². The first-order valence-electron chi connectivity index (χ1n) is 9.67. The third-order valence-electron chi connectivity index (χ3n) is 5.07. The normalized spacial score (nSPS) is 14.7. The Morgan fingerprint density at radius 2 is 1.89 bits per heavy atom. The zero-order valence-electron chi connectivity index (χ0n) is 15.8. The zero-order chi connectivity index (χ0) is 19.1. The minimum absolute atomic E-state index is 0.133. The second kappa shape index (κ2) is 9.35. The van der Waals surface area contributed by atoms with E-state index < -0.39 is 0 Å². The van der Waals surface area contributed by atoms with Crippen LogP contribution in [0.15, 0.2) is 41.2 Å². The van der Waals surface area contributed by atoms with Gasteiger partial charge in [0.25, 0.3) is 5.56 Å². The molecular formula is C21H27N3O3. The van der Waals surface area contributed by atoms with Crippen molar-refractivity contribution in [1.82, 2.24) is 15.1 Å². The number of hydrogen-bond acceptors (Lipinski definition) is 4. The van der Waals surface area contributed by atoms with Crippen LogP contribution in [-0.2, 0) is 11.3 Å². The monoisotopic (exact) mass is 369 g/mol. The van der Waals surface area contributed by atoms with E-state index in [4.69, 9.17) is 4.74 Å². The lowest BCUT2D eigenvalue weighted by Crippen LogP contribution is -2.33. The number of benzene rings is 1. The number of carbonyl (C=O) groups is 1. The summed E-state index contributed by atoms with van der Waals surface area (Å²) in [5.74, 6) is 1.10. The fourth-order valence-electron chi connectivity index (χ4n) is 3.47. The average Bonchev–Trinajstić information content (AvgIpc) is 2.73. The first-order valence-corrected chi connectivity index (χ1v) is 9.67. The molecule has 1 saturated carbocycles. The molecule has 0 radical (unpaired) electrons. The predicted molar refractivity (Wildman–Crippen MR) is 105 cm³/mol. The maximum atomic E-state index is 12.2. The standard InChI is InChI=1S/C21H27N3O3/c1-27-18-10-8-16(9-11-18)19-12-13-20(25)24(23-19)15-5-14-22-21(26)17-6-3-2-4-7-17/h8-13,17H,2-7,14-15H2,1H3,(H,22,26). The fraction of sp³-hybridized carbons (Fsp3) is 0.476. The second-order valence-corrected chi connectivity index (χ2v) is 6.99. The summed E-state index contributed by atoms with van der Waals surface area (Å²) in [5, 5.41) is 7.46. The number of aryl methyl sites for hydroxylation is 1. The first kappa shape index (κ1) is 19.1. The molecule has 1 aromatic heterocycles. The summed E-state index contributed by atoms with van der Waals surface area (Å²) in [6.45, 7) is 1.05. The number of aromatic nitrogens is 2. The van der Waals surface area contributed by atoms with E-state index >= 15 is 0 Å². The van der Waals surface area contributed by atoms with E-state index in [1.807, 2.05) is 24.3 Å². The predicted octanol–water partition coefficient (Wildman–Crippen LogP) is 3.01. The Kier molecular flexibility index (Phi) is 6.63. The van der Waals surface area contributed by atoms with Crippen molar-refractivity contribution in [1.29, 1.82) is 0 Å². The van der Waals surface area contributed by atoms with E-state index in [2.05, 4.69) is 10.4 Å². The van der Waals surface area contributed by atoms with Crippen LogP contribution in [0.5, 0.6) is 5.75 Å². The fourth-order valence-corrected chi connectivity index (χ4v) is 3.47. The van der Waals surface area contributed by atoms with Crippen LogP contribution in [0.25, 0.3) is 11.3 Å². The zero-order valence-corrected chi connectivity index (χ0v) is 15.8. The highest BCUT2D eigenvalue weighted by Crippen LogP contribution is 2.23. The van der Waals surface area contributed by atoms with Gasteiger partial charge in [-0.2, -0.15) is 5.10 Å². The molecule has 27 heavy (non-hydrogen) atoms. The molecule has 0 atom stereocenters. The van der Waals surface area contributed by atoms with Crippen LogP contribution < -0.4 is 15.6 Å². The summed E-state index contributed by atoms with van der Waals surface area (Å²) >= 11 is 0. The molecule has 6 nitrogen and oxygen atoms in total. The topological polar surface area (TPSA) is 73.2 Å². The number of rotatable bonds is 7. The van der Waals surface area contributed by atoms with Crippen molar-refractivity contribution >= 4 is 5.91 Å². The SMILES string of the molecule is COc1ccc(-c2ccc(=O)n(CCCNC(=O)C3CCCCC3)n2)cc1. The molecule has 1 heterocycles. The van der Waals surface area contributed by atoms with Crippen LogP contribution in [0.2, 0.25) is 0 Å². The Morgan fingerprint density at radius 1 is 1.15 bits per heavy atom. The lowest BCUT2D eigenvalue weighted by molar-refractivity contribution is -0.125. The number of nitrogens with one attached hydrogen (secondary N) is 1. The molecule has 1 fully saturated rings. The molecule has 144 valence electrons. The molecule has 0 saturated heterocycles. The number of methoxy groups -OCH3 is 1. The van der Waals surface area contributed by atoms with Crippen molar-refractivity contribution < 1.29 is 9.53 Å².